The van der Waals surface area contributed by atoms with Gasteiger partial charge in [0.2, 0.25) is 35.7 Å². The summed E-state index contributed by atoms with van der Waals surface area (Å²) >= 11 is -6.46. The number of anilines is 8. The Kier molecular flexibility index (Phi) is 30.8. The number of aromatic hydroxyl groups is 2. The van der Waals surface area contributed by atoms with E-state index in [4.69, 9.17) is 34.0 Å². The van der Waals surface area contributed by atoms with E-state index >= 15 is 0 Å². The van der Waals surface area contributed by atoms with Crippen LogP contribution in [0.3, 0.4) is 0 Å². The van der Waals surface area contributed by atoms with Crippen LogP contribution < -0.4 is 159 Å². The zero-order valence-corrected chi connectivity index (χ0v) is 60.0. The second kappa shape index (κ2) is 36.1. The van der Waals surface area contributed by atoms with Crippen LogP contribution in [0, 0.1) is 0 Å². The van der Waals surface area contributed by atoms with Crippen molar-refractivity contribution in [2.24, 2.45) is 20.5 Å². The van der Waals surface area contributed by atoms with Crippen molar-refractivity contribution in [2.45, 2.75) is 22.6 Å². The average Bonchev–Trinajstić information content (AvgIpc) is 0.768. The average molecular weight is 1400 g/mol. The molecule has 37 nitrogen and oxygen atoms in total. The van der Waals surface area contributed by atoms with E-state index in [2.05, 4.69) is 71.6 Å². The van der Waals surface area contributed by atoms with Crippen LogP contribution in [-0.2, 0) is 57.2 Å². The van der Waals surface area contributed by atoms with Gasteiger partial charge in [0.15, 0.2) is 22.9 Å². The summed E-state index contributed by atoms with van der Waals surface area (Å²) in [6.45, 7) is 0.301. The fourth-order valence-corrected chi connectivity index (χ4v) is 9.62. The maximum atomic E-state index is 12.4. The Labute approximate surface area is 618 Å². The summed E-state index contributed by atoms with van der Waals surface area (Å²) in [5, 5.41) is 67.5. The van der Waals surface area contributed by atoms with Crippen molar-refractivity contribution in [3.63, 3.8) is 0 Å². The van der Waals surface area contributed by atoms with E-state index in [0.29, 0.717) is 12.8 Å². The molecule has 0 saturated carbocycles. The number of carboxylic acids is 2. The molecule has 0 radical (unpaired) electrons. The van der Waals surface area contributed by atoms with Gasteiger partial charge in [-0.15, -0.1) is 20.5 Å². The molecule has 0 aliphatic carbocycles. The molecule has 8 rings (SSSR count). The van der Waals surface area contributed by atoms with Gasteiger partial charge in [-0.25, -0.2) is 34.8 Å². The minimum absolute atomic E-state index is 0. The molecule has 0 fully saturated rings. The molecule has 6 aromatic carbocycles. The molecule has 8 aromatic rings. The maximum Gasteiger partial charge on any atom is 1.00 e. The smallest absolute Gasteiger partial charge is 0.744 e. The van der Waals surface area contributed by atoms with Gasteiger partial charge >= 0.3 is 130 Å². The zero-order valence-electron chi connectivity index (χ0n) is 48.7. The number of nitrogens with two attached hydrogens (primary N) is 2. The first-order valence-corrected chi connectivity index (χ1v) is 29.5. The van der Waals surface area contributed by atoms with E-state index in [1.54, 1.807) is 0 Å². The molecule has 2 unspecified atom stereocenters. The van der Waals surface area contributed by atoms with Crippen LogP contribution in [0.1, 0.15) is 33.6 Å². The number of phenolic OH excluding ortho intramolecular Hbond substituents is 2. The van der Waals surface area contributed by atoms with E-state index < -0.39 is 99.1 Å². The summed E-state index contributed by atoms with van der Waals surface area (Å²) in [5.41, 5.74) is 8.64. The third-order valence-electron chi connectivity index (χ3n) is 11.5. The van der Waals surface area contributed by atoms with Crippen LogP contribution in [0.2, 0.25) is 0 Å². The summed E-state index contributed by atoms with van der Waals surface area (Å²) in [4.78, 5) is 46.0. The van der Waals surface area contributed by atoms with Gasteiger partial charge in [-0.3, -0.25) is 0 Å². The first-order chi connectivity index (χ1) is 42.3. The number of hydrogen-bond donors (Lipinski definition) is 10. The second-order valence-electron chi connectivity index (χ2n) is 17.6. The molecule has 0 amide bonds. The molecule has 0 bridgehead atoms. The fourth-order valence-electron chi connectivity index (χ4n) is 7.91. The molecule has 0 saturated heterocycles. The molecule has 0 aliphatic heterocycles. The molecule has 2 aromatic heterocycles. The molecular formula is C48H42N16Na4O21S4. The van der Waals surface area contributed by atoms with Crippen molar-refractivity contribution in [3.8, 4) is 23.0 Å². The summed E-state index contributed by atoms with van der Waals surface area (Å²) < 4.78 is 146. The van der Waals surface area contributed by atoms with Crippen molar-refractivity contribution in [3.05, 3.63) is 96.1 Å². The summed E-state index contributed by atoms with van der Waals surface area (Å²) in [6.07, 6.45) is 0.698. The van der Waals surface area contributed by atoms with Crippen LogP contribution in [0.4, 0.5) is 69.8 Å². The number of phenols is 2. The number of ether oxygens (including phenoxy) is 3. The Hall–Kier alpha value is -6.08. The minimum Gasteiger partial charge on any atom is -0.744 e. The topological polar surface area (TPSA) is 583 Å². The molecule has 93 heavy (non-hydrogen) atoms. The number of carboxylic acid groups (broad SMARTS) is 2. The van der Waals surface area contributed by atoms with Crippen molar-refractivity contribution in [2.75, 3.05) is 72.6 Å². The minimum atomic E-state index is -5.44. The molecule has 468 valence electrons. The normalized spacial score (nSPS) is 12.0. The van der Waals surface area contributed by atoms with Crippen LogP contribution in [0.25, 0.3) is 21.5 Å². The largest absolute Gasteiger partial charge is 1.00 e. The molecule has 12 N–H and O–H groups in total. The molecular weight excluding hydrogens is 1360 g/mol. The summed E-state index contributed by atoms with van der Waals surface area (Å²) in [5.74, 6) is -7.24. The number of benzene rings is 6. The van der Waals surface area contributed by atoms with Crippen molar-refractivity contribution < 1.29 is 214 Å². The number of azo groups is 2. The number of hydrogen-bond acceptors (Lipinski definition) is 35. The third-order valence-corrected chi connectivity index (χ3v) is 13.8. The van der Waals surface area contributed by atoms with E-state index in [1.807, 2.05) is 0 Å². The SMILES string of the molecule is Nc1nc(NCCCOCOCOCCCNc2nc(N)nc(Nc3cc(OS(=O)[O-])cc4cc(S(=O)(=O)[O-])c(N=Nc5ccccc5C(=O)O)c(O)c34)n2)nc(Nc2cc(S(=O)(=O)[O-])cc3cc(OS(=O)[O-])c(N=Nc4ccccc4C(=O)O)c(O)c23)n1.[Na+].[Na+].[Na+].[Na+]. The first kappa shape index (κ1) is 79.4. The maximum absolute atomic E-state index is 12.4. The van der Waals surface area contributed by atoms with Gasteiger partial charge in [0.25, 0.3) is 0 Å². The van der Waals surface area contributed by atoms with Gasteiger partial charge in [-0.1, -0.05) is 24.3 Å². The van der Waals surface area contributed by atoms with Gasteiger partial charge in [0.05, 0.1) is 45.5 Å². The van der Waals surface area contributed by atoms with E-state index in [-0.39, 0.29) is 249 Å². The van der Waals surface area contributed by atoms with Gasteiger partial charge in [0.1, 0.15) is 79.4 Å². The van der Waals surface area contributed by atoms with Gasteiger partial charge in [-0.05, 0) is 78.2 Å². The Balaban J connectivity index is 0.00000461. The number of aromatic carboxylic acids is 2. The summed E-state index contributed by atoms with van der Waals surface area (Å²) in [6, 6.07) is 15.9. The van der Waals surface area contributed by atoms with Crippen molar-refractivity contribution >= 4 is 146 Å². The van der Waals surface area contributed by atoms with E-state index in [9.17, 15) is 73.5 Å². The number of fused-ring (bicyclic) bond motifs is 2. The fraction of sp³-hybridized carbons (Fsp3) is 0.167. The standard InChI is InChI=1S/C48H46N16O21S4.4Na/c49-43-55-45(59-47(57-43)53-31-19-25(84-86(71)72)15-23-18-34(89(78,79)80)38(40(66)35(23)31)64-62-30-10-4-2-8-28(30)42(69)70)51-11-5-13-81-21-83-22-82-14-6-12-52-46-56-44(50)58-48(60-46)54-32-20-26(88(75,76)77)16-24-17-33(85-87(73)74)37(39(65)36(24)32)63-61-29-9-3-1-7-27(29)41(67)68;;;;/h1-4,7-10,15-20,65-66H,5-6,11-14,21-22H2,(H,67,68)(H,69,70)(H,71,72)(H,73,74)(H,75,76,77)(H,78,79,80)(H4,49,51,53,55,57,59)(H4,50,52,54,56,58,60);;;;/q;4*+1/p-4. The number of nitrogens with zero attached hydrogens (tertiary/aromatic N) is 10. The predicted octanol–water partition coefficient (Wildman–Crippen LogP) is -6.91. The van der Waals surface area contributed by atoms with Gasteiger partial charge < -0.3 is 93.9 Å². The molecule has 0 spiro atoms. The van der Waals surface area contributed by atoms with Crippen LogP contribution in [0.5, 0.6) is 23.0 Å². The van der Waals surface area contributed by atoms with Crippen LogP contribution in [-0.4, -0.2) is 146 Å². The molecule has 2 atom stereocenters. The quantitative estimate of drug-likeness (QED) is 0.00499. The number of aromatic nitrogens is 6. The third kappa shape index (κ3) is 22.0. The van der Waals surface area contributed by atoms with Crippen molar-refractivity contribution in [1.29, 1.82) is 0 Å². The van der Waals surface area contributed by atoms with Crippen LogP contribution in [0.15, 0.2) is 115 Å². The number of carbonyl (C=O) groups is 2. The zero-order chi connectivity index (χ0) is 64.2. The summed E-state index contributed by atoms with van der Waals surface area (Å²) in [7, 11) is -10.7. The Morgan fingerprint density at radius 1 is 0.559 bits per heavy atom. The molecule has 2 heterocycles. The van der Waals surface area contributed by atoms with Crippen molar-refractivity contribution in [1.82, 2.24) is 29.9 Å². The monoisotopic (exact) mass is 1400 g/mol. The number of nitrogen functional groups attached to an aromatic ring is 2. The molecule has 0 aliphatic rings. The van der Waals surface area contributed by atoms with Gasteiger partial charge in [-0.2, -0.15) is 29.9 Å². The Morgan fingerprint density at radius 3 is 1.48 bits per heavy atom. The second-order valence-corrected chi connectivity index (χ2v) is 21.4. The Bertz CT molecular complexity index is 4410. The Morgan fingerprint density at radius 2 is 1.01 bits per heavy atom. The number of nitrogens with one attached hydrogen (secondary N) is 4. The van der Waals surface area contributed by atoms with Gasteiger partial charge in [0, 0.05) is 29.9 Å². The number of rotatable bonds is 30. The van der Waals surface area contributed by atoms with E-state index in [1.165, 1.54) is 48.5 Å². The molecule has 45 heteroatoms. The van der Waals surface area contributed by atoms with Crippen LogP contribution >= 0.6 is 0 Å². The van der Waals surface area contributed by atoms with E-state index in [0.717, 1.165) is 36.4 Å². The first-order valence-electron chi connectivity index (χ1n) is 24.7. The predicted molar refractivity (Wildman–Crippen MR) is 305 cm³/mol.